The van der Waals surface area contributed by atoms with Crippen LogP contribution in [0.15, 0.2) is 10.7 Å². The highest BCUT2D eigenvalue weighted by atomic mass is 79.9. The molecule has 0 aromatic carbocycles. The first-order valence-electron chi connectivity index (χ1n) is 4.06. The van der Waals surface area contributed by atoms with Gasteiger partial charge in [-0.3, -0.25) is 0 Å². The number of hydrogen-bond donors (Lipinski definition) is 0. The first-order valence-corrected chi connectivity index (χ1v) is 6.25. The Kier molecular flexibility index (Phi) is 3.33. The highest BCUT2D eigenvalue weighted by Crippen LogP contribution is 2.16. The zero-order chi connectivity index (χ0) is 10.9. The predicted molar refractivity (Wildman–Crippen MR) is 57.3 cm³/mol. The fraction of sp³-hybridized carbons (Fsp3) is 0.571. The van der Waals surface area contributed by atoms with Gasteiger partial charge in [0.25, 0.3) is 0 Å². The van der Waals surface area contributed by atoms with Gasteiger partial charge in [-0.2, -0.15) is 21.9 Å². The van der Waals surface area contributed by atoms with Crippen LogP contribution in [0.3, 0.4) is 0 Å². The van der Waals surface area contributed by atoms with Crippen LogP contribution >= 0.6 is 15.9 Å². The van der Waals surface area contributed by atoms with Crippen LogP contribution < -0.4 is 0 Å². The van der Waals surface area contributed by atoms with Gasteiger partial charge in [-0.25, -0.2) is 0 Å². The van der Waals surface area contributed by atoms with Crippen molar-refractivity contribution in [2.24, 2.45) is 0 Å². The number of halogens is 1. The highest BCUT2D eigenvalue weighted by molar-refractivity contribution is 9.10. The Morgan fingerprint density at radius 1 is 1.57 bits per heavy atom. The summed E-state index contributed by atoms with van der Waals surface area (Å²) in [6.07, 6.45) is 2.14. The van der Waals surface area contributed by atoms with Crippen molar-refractivity contribution in [1.82, 2.24) is 13.5 Å². The van der Waals surface area contributed by atoms with Crippen molar-refractivity contribution in [3.8, 4) is 0 Å². The van der Waals surface area contributed by atoms with Gasteiger partial charge in [0.15, 0.2) is 0 Å². The lowest BCUT2D eigenvalue weighted by molar-refractivity contribution is 0.503. The van der Waals surface area contributed by atoms with Gasteiger partial charge in [0.2, 0.25) is 0 Å². The molecule has 1 aromatic heterocycles. The summed E-state index contributed by atoms with van der Waals surface area (Å²) in [5.41, 5.74) is 0.732. The molecule has 0 spiro atoms. The molecule has 1 aromatic rings. The molecule has 0 amide bonds. The smallest absolute Gasteiger partial charge is 0.189 e. The zero-order valence-corrected chi connectivity index (χ0v) is 10.6. The second-order valence-electron chi connectivity index (χ2n) is 2.94. The Balaban J connectivity index is 3.22. The minimum atomic E-state index is -3.48. The number of aromatic nitrogens is 2. The molecule has 5 nitrogen and oxygen atoms in total. The fourth-order valence-electron chi connectivity index (χ4n) is 0.892. The molecule has 80 valence electrons. The van der Waals surface area contributed by atoms with Crippen molar-refractivity contribution in [2.75, 3.05) is 14.1 Å². The summed E-state index contributed by atoms with van der Waals surface area (Å²) >= 11 is 3.25. The van der Waals surface area contributed by atoms with Gasteiger partial charge < -0.3 is 0 Å². The minimum absolute atomic E-state index is 0.691. The molecular formula is C7H12BrN3O2S. The average Bonchev–Trinajstić information content (AvgIpc) is 2.47. The maximum atomic E-state index is 11.6. The van der Waals surface area contributed by atoms with Gasteiger partial charge in [0.05, 0.1) is 16.4 Å². The van der Waals surface area contributed by atoms with Crippen molar-refractivity contribution < 1.29 is 8.42 Å². The molecule has 0 saturated carbocycles. The van der Waals surface area contributed by atoms with Gasteiger partial charge in [-0.1, -0.05) is 6.92 Å². The van der Waals surface area contributed by atoms with E-state index in [9.17, 15) is 8.42 Å². The summed E-state index contributed by atoms with van der Waals surface area (Å²) in [5.74, 6) is 0. The van der Waals surface area contributed by atoms with E-state index in [1.807, 2.05) is 6.92 Å². The van der Waals surface area contributed by atoms with Crippen LogP contribution in [-0.2, 0) is 16.6 Å². The van der Waals surface area contributed by atoms with E-state index in [1.165, 1.54) is 20.3 Å². The van der Waals surface area contributed by atoms with Gasteiger partial charge in [-0.05, 0) is 22.4 Å². The van der Waals surface area contributed by atoms with Gasteiger partial charge in [0, 0.05) is 14.1 Å². The third-order valence-electron chi connectivity index (χ3n) is 1.75. The van der Waals surface area contributed by atoms with Crippen molar-refractivity contribution in [2.45, 2.75) is 13.3 Å². The molecule has 0 saturated heterocycles. The molecule has 0 aliphatic rings. The van der Waals surface area contributed by atoms with Crippen LogP contribution in [0.4, 0.5) is 0 Å². The molecule has 0 atom stereocenters. The van der Waals surface area contributed by atoms with Crippen molar-refractivity contribution in [3.63, 3.8) is 0 Å². The van der Waals surface area contributed by atoms with E-state index >= 15 is 0 Å². The van der Waals surface area contributed by atoms with Gasteiger partial charge in [0.1, 0.15) is 0 Å². The molecule has 0 fully saturated rings. The second-order valence-corrected chi connectivity index (χ2v) is 5.79. The highest BCUT2D eigenvalue weighted by Gasteiger charge is 2.18. The van der Waals surface area contributed by atoms with E-state index < -0.39 is 10.2 Å². The molecule has 0 unspecified atom stereocenters. The van der Waals surface area contributed by atoms with E-state index in [0.717, 1.165) is 14.1 Å². The van der Waals surface area contributed by atoms with E-state index in [2.05, 4.69) is 21.0 Å². The molecule has 0 aliphatic heterocycles. The molecule has 0 radical (unpaired) electrons. The van der Waals surface area contributed by atoms with E-state index in [-0.39, 0.29) is 0 Å². The summed E-state index contributed by atoms with van der Waals surface area (Å²) in [6.45, 7) is 1.92. The van der Waals surface area contributed by atoms with E-state index in [4.69, 9.17) is 0 Å². The van der Waals surface area contributed by atoms with Crippen LogP contribution in [0.1, 0.15) is 12.6 Å². The van der Waals surface area contributed by atoms with Crippen LogP contribution in [0.25, 0.3) is 0 Å². The predicted octanol–water partition coefficient (Wildman–Crippen LogP) is 0.862. The van der Waals surface area contributed by atoms with E-state index in [0.29, 0.717) is 10.9 Å². The van der Waals surface area contributed by atoms with Crippen LogP contribution in [0.5, 0.6) is 0 Å². The average molecular weight is 282 g/mol. The maximum absolute atomic E-state index is 11.6. The van der Waals surface area contributed by atoms with Gasteiger partial charge in [-0.15, -0.1) is 0 Å². The molecule has 14 heavy (non-hydrogen) atoms. The number of rotatable bonds is 3. The maximum Gasteiger partial charge on any atom is 0.322 e. The lowest BCUT2D eigenvalue weighted by Gasteiger charge is -2.09. The summed E-state index contributed by atoms with van der Waals surface area (Å²) in [4.78, 5) is 0. The number of nitrogens with zero attached hydrogens (tertiary/aromatic N) is 3. The van der Waals surface area contributed by atoms with Crippen molar-refractivity contribution in [3.05, 3.63) is 16.4 Å². The third-order valence-corrected chi connectivity index (χ3v) is 4.00. The Morgan fingerprint density at radius 3 is 2.50 bits per heavy atom. The Bertz CT molecular complexity index is 424. The van der Waals surface area contributed by atoms with Crippen LogP contribution in [-0.4, -0.2) is 36.0 Å². The quantitative estimate of drug-likeness (QED) is 0.826. The largest absolute Gasteiger partial charge is 0.322 e. The fourth-order valence-corrected chi connectivity index (χ4v) is 2.36. The van der Waals surface area contributed by atoms with Crippen molar-refractivity contribution >= 4 is 26.1 Å². The Hall–Kier alpha value is -0.400. The topological polar surface area (TPSA) is 55.2 Å². The Morgan fingerprint density at radius 2 is 2.14 bits per heavy atom. The van der Waals surface area contributed by atoms with E-state index in [1.54, 1.807) is 0 Å². The monoisotopic (exact) mass is 281 g/mol. The molecule has 0 N–H and O–H groups in total. The summed E-state index contributed by atoms with van der Waals surface area (Å²) in [7, 11) is -0.542. The number of hydrogen-bond acceptors (Lipinski definition) is 3. The third kappa shape index (κ3) is 1.99. The lowest BCUT2D eigenvalue weighted by atomic mass is 10.3. The normalized spacial score (nSPS) is 12.4. The molecule has 7 heteroatoms. The van der Waals surface area contributed by atoms with Crippen LogP contribution in [0, 0.1) is 0 Å². The minimum Gasteiger partial charge on any atom is -0.189 e. The molecule has 0 bridgehead atoms. The molecule has 1 rings (SSSR count). The summed E-state index contributed by atoms with van der Waals surface area (Å²) < 4.78 is 26.0. The molecule has 0 aliphatic carbocycles. The van der Waals surface area contributed by atoms with Gasteiger partial charge >= 0.3 is 10.2 Å². The lowest BCUT2D eigenvalue weighted by Crippen LogP contribution is -2.29. The molecular weight excluding hydrogens is 270 g/mol. The number of aryl methyl sites for hydroxylation is 1. The second kappa shape index (κ2) is 4.00. The first-order chi connectivity index (χ1) is 6.39. The summed E-state index contributed by atoms with van der Waals surface area (Å²) in [6, 6.07) is 0. The Labute approximate surface area is 92.0 Å². The summed E-state index contributed by atoms with van der Waals surface area (Å²) in [5, 5.41) is 3.96. The zero-order valence-electron chi connectivity index (χ0n) is 8.23. The van der Waals surface area contributed by atoms with Crippen LogP contribution in [0.2, 0.25) is 0 Å². The molecule has 1 heterocycles. The van der Waals surface area contributed by atoms with Crippen molar-refractivity contribution in [1.29, 1.82) is 0 Å². The standard InChI is InChI=1S/C7H12BrN3O2S/c1-4-7-6(8)5-11(9-7)14(12,13)10(2)3/h5H,4H2,1-3H3. The first kappa shape index (κ1) is 11.7. The SMILES string of the molecule is CCc1nn(S(=O)(=O)N(C)C)cc1Br.